The molecule has 0 fully saturated rings. The summed E-state index contributed by atoms with van der Waals surface area (Å²) in [5.41, 5.74) is 4.07. The van der Waals surface area contributed by atoms with E-state index in [2.05, 4.69) is 36.9 Å². The Balaban J connectivity index is 2.28. The van der Waals surface area contributed by atoms with E-state index < -0.39 is 0 Å². The molecule has 0 amide bonds. The zero-order valence-corrected chi connectivity index (χ0v) is 9.36. The van der Waals surface area contributed by atoms with Crippen molar-refractivity contribution in [1.29, 1.82) is 0 Å². The van der Waals surface area contributed by atoms with Crippen LogP contribution < -0.4 is 10.8 Å². The minimum absolute atomic E-state index is 0.400. The van der Waals surface area contributed by atoms with Crippen LogP contribution >= 0.6 is 0 Å². The van der Waals surface area contributed by atoms with Gasteiger partial charge in [-0.15, -0.1) is 0 Å². The van der Waals surface area contributed by atoms with Crippen LogP contribution in [-0.2, 0) is 11.3 Å². The first-order valence-corrected chi connectivity index (χ1v) is 5.44. The highest BCUT2D eigenvalue weighted by atomic mass is 16.6. The molecule has 15 heavy (non-hydrogen) atoms. The van der Waals surface area contributed by atoms with Crippen molar-refractivity contribution in [3.63, 3.8) is 0 Å². The van der Waals surface area contributed by atoms with Crippen molar-refractivity contribution in [3.05, 3.63) is 29.3 Å². The lowest BCUT2D eigenvalue weighted by Gasteiger charge is -2.25. The van der Waals surface area contributed by atoms with Gasteiger partial charge in [0.05, 0.1) is 12.6 Å². The lowest BCUT2D eigenvalue weighted by Crippen LogP contribution is -2.36. The highest BCUT2D eigenvalue weighted by Crippen LogP contribution is 2.32. The highest BCUT2D eigenvalue weighted by molar-refractivity contribution is 5.60. The van der Waals surface area contributed by atoms with Crippen molar-refractivity contribution in [2.45, 2.75) is 26.3 Å². The van der Waals surface area contributed by atoms with Crippen LogP contribution in [0.25, 0.3) is 0 Å². The lowest BCUT2D eigenvalue weighted by molar-refractivity contribution is 0.123. The predicted molar refractivity (Wildman–Crippen MR) is 61.8 cm³/mol. The molecule has 0 bridgehead atoms. The molecule has 1 aliphatic heterocycles. The Labute approximate surface area is 90.8 Å². The largest absolute Gasteiger partial charge is 0.366 e. The van der Waals surface area contributed by atoms with Gasteiger partial charge < -0.3 is 9.74 Å². The molecule has 1 atom stereocenters. The van der Waals surface area contributed by atoms with Crippen molar-refractivity contribution in [2.24, 2.45) is 5.90 Å². The third-order valence-corrected chi connectivity index (χ3v) is 3.07. The van der Waals surface area contributed by atoms with Gasteiger partial charge in [0.15, 0.2) is 0 Å². The maximum atomic E-state index is 5.16. The lowest BCUT2D eigenvalue weighted by atomic mass is 10.1. The van der Waals surface area contributed by atoms with E-state index in [1.807, 2.05) is 0 Å². The molecule has 1 aliphatic rings. The van der Waals surface area contributed by atoms with Crippen molar-refractivity contribution in [3.8, 4) is 0 Å². The van der Waals surface area contributed by atoms with Crippen LogP contribution in [0.5, 0.6) is 0 Å². The van der Waals surface area contributed by atoms with E-state index in [1.54, 1.807) is 0 Å². The van der Waals surface area contributed by atoms with Crippen molar-refractivity contribution in [2.75, 3.05) is 18.1 Å². The fourth-order valence-corrected chi connectivity index (χ4v) is 2.41. The normalized spacial score (nSPS) is 19.4. The summed E-state index contributed by atoms with van der Waals surface area (Å²) in [6.45, 7) is 5.90. The first kappa shape index (κ1) is 10.5. The summed E-state index contributed by atoms with van der Waals surface area (Å²) in [7, 11) is 0. The van der Waals surface area contributed by atoms with E-state index in [1.165, 1.54) is 16.8 Å². The van der Waals surface area contributed by atoms with Gasteiger partial charge in [-0.25, -0.2) is 5.90 Å². The topological polar surface area (TPSA) is 38.5 Å². The number of aryl methyl sites for hydroxylation is 1. The molecule has 0 saturated carbocycles. The molecule has 0 saturated heterocycles. The second-order valence-corrected chi connectivity index (χ2v) is 4.11. The molecule has 1 heterocycles. The summed E-state index contributed by atoms with van der Waals surface area (Å²) >= 11 is 0. The Kier molecular flexibility index (Phi) is 2.93. The molecule has 0 aliphatic carbocycles. The predicted octanol–water partition coefficient (Wildman–Crippen LogP) is 1.64. The molecule has 1 aromatic rings. The fraction of sp³-hybridized carbons (Fsp3) is 0.500. The van der Waals surface area contributed by atoms with E-state index >= 15 is 0 Å². The molecular weight excluding hydrogens is 188 g/mol. The van der Waals surface area contributed by atoms with Gasteiger partial charge in [-0.3, -0.25) is 0 Å². The van der Waals surface area contributed by atoms with E-state index in [0.29, 0.717) is 12.6 Å². The monoisotopic (exact) mass is 206 g/mol. The van der Waals surface area contributed by atoms with E-state index in [0.717, 1.165) is 13.0 Å². The minimum Gasteiger partial charge on any atom is -0.366 e. The molecule has 2 N–H and O–H groups in total. The van der Waals surface area contributed by atoms with Crippen molar-refractivity contribution in [1.82, 2.24) is 0 Å². The number of hydrogen-bond donors (Lipinski definition) is 1. The Morgan fingerprint density at radius 1 is 1.53 bits per heavy atom. The first-order valence-electron chi connectivity index (χ1n) is 5.44. The van der Waals surface area contributed by atoms with Crippen LogP contribution in [0, 0.1) is 6.92 Å². The van der Waals surface area contributed by atoms with Gasteiger partial charge in [-0.05, 0) is 31.9 Å². The van der Waals surface area contributed by atoms with Gasteiger partial charge >= 0.3 is 0 Å². The average molecular weight is 206 g/mol. The molecule has 1 unspecified atom stereocenters. The van der Waals surface area contributed by atoms with Gasteiger partial charge in [0.25, 0.3) is 0 Å². The summed E-state index contributed by atoms with van der Waals surface area (Å²) in [4.78, 5) is 7.14. The maximum absolute atomic E-state index is 5.16. The number of nitrogens with two attached hydrogens (primary N) is 1. The van der Waals surface area contributed by atoms with E-state index in [-0.39, 0.29) is 0 Å². The van der Waals surface area contributed by atoms with E-state index in [9.17, 15) is 0 Å². The second-order valence-electron chi connectivity index (χ2n) is 4.11. The number of nitrogens with zero attached hydrogens (tertiary/aromatic N) is 1. The summed E-state index contributed by atoms with van der Waals surface area (Å²) in [5.74, 6) is 5.16. The number of hydrogen-bond acceptors (Lipinski definition) is 3. The third kappa shape index (κ3) is 1.85. The number of likely N-dealkylation sites (N-methyl/N-ethyl adjacent to an activating group) is 1. The van der Waals surface area contributed by atoms with Crippen LogP contribution in [0.1, 0.15) is 18.1 Å². The standard InChI is InChI=1S/C12H18N2O/c1-3-14-11(8-15-13)7-10-6-9(2)4-5-12(10)14/h4-6,11H,3,7-8,13H2,1-2H3. The fourth-order valence-electron chi connectivity index (χ4n) is 2.41. The molecule has 3 nitrogen and oxygen atoms in total. The quantitative estimate of drug-likeness (QED) is 0.764. The number of anilines is 1. The van der Waals surface area contributed by atoms with Gasteiger partial charge in [0.1, 0.15) is 0 Å². The summed E-state index contributed by atoms with van der Waals surface area (Å²) in [5, 5.41) is 0. The summed E-state index contributed by atoms with van der Waals surface area (Å²) in [6.07, 6.45) is 1.04. The second kappa shape index (κ2) is 4.21. The molecule has 0 spiro atoms. The molecule has 1 aromatic carbocycles. The van der Waals surface area contributed by atoms with Gasteiger partial charge in [-0.1, -0.05) is 17.7 Å². The summed E-state index contributed by atoms with van der Waals surface area (Å²) in [6, 6.07) is 7.02. The zero-order chi connectivity index (χ0) is 10.8. The molecule has 0 aromatic heterocycles. The smallest absolute Gasteiger partial charge is 0.0885 e. The van der Waals surface area contributed by atoms with Crippen molar-refractivity contribution >= 4 is 5.69 Å². The Bertz CT molecular complexity index is 351. The Morgan fingerprint density at radius 2 is 2.33 bits per heavy atom. The number of fused-ring (bicyclic) bond motifs is 1. The molecule has 0 radical (unpaired) electrons. The third-order valence-electron chi connectivity index (χ3n) is 3.07. The highest BCUT2D eigenvalue weighted by Gasteiger charge is 2.27. The van der Waals surface area contributed by atoms with Crippen LogP contribution in [0.15, 0.2) is 18.2 Å². The van der Waals surface area contributed by atoms with Crippen LogP contribution in [0.4, 0.5) is 5.69 Å². The van der Waals surface area contributed by atoms with Crippen LogP contribution in [-0.4, -0.2) is 19.2 Å². The minimum atomic E-state index is 0.400. The SMILES string of the molecule is CCN1c2ccc(C)cc2CC1CON. The van der Waals surface area contributed by atoms with Gasteiger partial charge in [-0.2, -0.15) is 0 Å². The zero-order valence-electron chi connectivity index (χ0n) is 9.36. The Morgan fingerprint density at radius 3 is 3.00 bits per heavy atom. The van der Waals surface area contributed by atoms with E-state index in [4.69, 9.17) is 10.7 Å². The van der Waals surface area contributed by atoms with Gasteiger partial charge in [0, 0.05) is 12.2 Å². The molecule has 3 heteroatoms. The average Bonchev–Trinajstić information content (AvgIpc) is 2.54. The molecule has 82 valence electrons. The van der Waals surface area contributed by atoms with Gasteiger partial charge in [0.2, 0.25) is 0 Å². The summed E-state index contributed by atoms with van der Waals surface area (Å²) < 4.78 is 0. The van der Waals surface area contributed by atoms with Crippen LogP contribution in [0.3, 0.4) is 0 Å². The maximum Gasteiger partial charge on any atom is 0.0885 e. The Hall–Kier alpha value is -1.06. The number of rotatable bonds is 3. The van der Waals surface area contributed by atoms with Crippen LogP contribution in [0.2, 0.25) is 0 Å². The first-order chi connectivity index (χ1) is 7.26. The number of benzene rings is 1. The molecular formula is C12H18N2O. The molecule has 2 rings (SSSR count). The van der Waals surface area contributed by atoms with Crippen molar-refractivity contribution < 1.29 is 4.84 Å².